The highest BCUT2D eigenvalue weighted by Crippen LogP contribution is 2.30. The minimum Gasteiger partial charge on any atom is -0.338 e. The van der Waals surface area contributed by atoms with Crippen LogP contribution in [-0.2, 0) is 4.79 Å². The van der Waals surface area contributed by atoms with Gasteiger partial charge in [-0.1, -0.05) is 19.8 Å². The van der Waals surface area contributed by atoms with Gasteiger partial charge in [-0.2, -0.15) is 0 Å². The number of amides is 3. The van der Waals surface area contributed by atoms with Gasteiger partial charge in [-0.3, -0.25) is 10.1 Å². The Labute approximate surface area is 101 Å². The standard InChI is InChI=1S/C11H19ClN2O2/c1-7-4-3-5-9(7)6-13-11(16)14-10(15)8(2)12/h7-9H,3-6H2,1-2H3,(H2,13,14,15,16). The molecule has 1 aliphatic rings. The van der Waals surface area contributed by atoms with E-state index < -0.39 is 17.3 Å². The van der Waals surface area contributed by atoms with Crippen molar-refractivity contribution in [3.05, 3.63) is 0 Å². The fraction of sp³-hybridized carbons (Fsp3) is 0.818. The van der Waals surface area contributed by atoms with Gasteiger partial charge < -0.3 is 5.32 Å². The molecule has 92 valence electrons. The normalized spacial score (nSPS) is 26.2. The Morgan fingerprint density at radius 1 is 1.44 bits per heavy atom. The van der Waals surface area contributed by atoms with Gasteiger partial charge in [0.05, 0.1) is 0 Å². The van der Waals surface area contributed by atoms with Gasteiger partial charge in [-0.05, 0) is 25.2 Å². The average molecular weight is 247 g/mol. The molecular formula is C11H19ClN2O2. The van der Waals surface area contributed by atoms with Crippen molar-refractivity contribution in [2.24, 2.45) is 11.8 Å². The quantitative estimate of drug-likeness (QED) is 0.747. The molecule has 0 bridgehead atoms. The maximum atomic E-state index is 11.3. The summed E-state index contributed by atoms with van der Waals surface area (Å²) in [6.07, 6.45) is 3.61. The molecule has 3 atom stereocenters. The van der Waals surface area contributed by atoms with E-state index in [0.29, 0.717) is 18.4 Å². The summed E-state index contributed by atoms with van der Waals surface area (Å²) in [5.74, 6) is 0.732. The Hall–Kier alpha value is -0.770. The number of hydrogen-bond acceptors (Lipinski definition) is 2. The van der Waals surface area contributed by atoms with Crippen molar-refractivity contribution in [2.75, 3.05) is 6.54 Å². The van der Waals surface area contributed by atoms with Gasteiger partial charge in [0.15, 0.2) is 0 Å². The second-order valence-corrected chi connectivity index (χ2v) is 5.14. The number of imide groups is 1. The molecule has 5 heteroatoms. The second kappa shape index (κ2) is 6.09. The minimum atomic E-state index is -0.684. The van der Waals surface area contributed by atoms with Crippen LogP contribution in [0.1, 0.15) is 33.1 Å². The molecule has 1 aliphatic carbocycles. The molecule has 0 saturated heterocycles. The van der Waals surface area contributed by atoms with Crippen LogP contribution >= 0.6 is 11.6 Å². The van der Waals surface area contributed by atoms with Crippen LogP contribution in [0.3, 0.4) is 0 Å². The second-order valence-electron chi connectivity index (χ2n) is 4.48. The van der Waals surface area contributed by atoms with E-state index in [4.69, 9.17) is 11.6 Å². The number of halogens is 1. The maximum absolute atomic E-state index is 11.3. The lowest BCUT2D eigenvalue weighted by Crippen LogP contribution is -2.43. The lowest BCUT2D eigenvalue weighted by Gasteiger charge is -2.16. The first kappa shape index (κ1) is 13.3. The monoisotopic (exact) mass is 246 g/mol. The Balaban J connectivity index is 2.22. The number of rotatable bonds is 3. The Morgan fingerprint density at radius 2 is 2.12 bits per heavy atom. The highest BCUT2D eigenvalue weighted by Gasteiger charge is 2.23. The van der Waals surface area contributed by atoms with E-state index >= 15 is 0 Å². The summed E-state index contributed by atoms with van der Waals surface area (Å²) in [5.41, 5.74) is 0. The summed E-state index contributed by atoms with van der Waals surface area (Å²) < 4.78 is 0. The highest BCUT2D eigenvalue weighted by atomic mass is 35.5. The number of urea groups is 1. The largest absolute Gasteiger partial charge is 0.338 e. The van der Waals surface area contributed by atoms with Crippen molar-refractivity contribution in [3.8, 4) is 0 Å². The van der Waals surface area contributed by atoms with Crippen LogP contribution < -0.4 is 10.6 Å². The van der Waals surface area contributed by atoms with Crippen LogP contribution in [0.4, 0.5) is 4.79 Å². The zero-order valence-electron chi connectivity index (χ0n) is 9.75. The van der Waals surface area contributed by atoms with Crippen LogP contribution in [0.5, 0.6) is 0 Å². The lowest BCUT2D eigenvalue weighted by molar-refractivity contribution is -0.119. The molecule has 0 aromatic carbocycles. The van der Waals surface area contributed by atoms with Crippen molar-refractivity contribution in [2.45, 2.75) is 38.5 Å². The van der Waals surface area contributed by atoms with Crippen LogP contribution in [0, 0.1) is 11.8 Å². The molecule has 4 nitrogen and oxygen atoms in total. The molecule has 3 unspecified atom stereocenters. The molecule has 0 heterocycles. The summed E-state index contributed by atoms with van der Waals surface area (Å²) in [6, 6.07) is -0.448. The first-order valence-electron chi connectivity index (χ1n) is 5.73. The Kier molecular flexibility index (Phi) is 5.06. The molecule has 0 aromatic rings. The SMILES string of the molecule is CC(Cl)C(=O)NC(=O)NCC1CCCC1C. The fourth-order valence-electron chi connectivity index (χ4n) is 2.00. The molecule has 1 rings (SSSR count). The molecule has 1 saturated carbocycles. The predicted octanol–water partition coefficient (Wildman–Crippen LogP) is 1.88. The van der Waals surface area contributed by atoms with Crippen molar-refractivity contribution < 1.29 is 9.59 Å². The first-order valence-corrected chi connectivity index (χ1v) is 6.17. The molecule has 3 amide bonds. The summed E-state index contributed by atoms with van der Waals surface area (Å²) in [5, 5.41) is 4.22. The molecule has 0 radical (unpaired) electrons. The smallest absolute Gasteiger partial charge is 0.321 e. The molecule has 2 N–H and O–H groups in total. The van der Waals surface area contributed by atoms with Crippen LogP contribution in [0.15, 0.2) is 0 Å². The third-order valence-electron chi connectivity index (χ3n) is 3.16. The van der Waals surface area contributed by atoms with Gasteiger partial charge in [-0.15, -0.1) is 11.6 Å². The number of hydrogen-bond donors (Lipinski definition) is 2. The van der Waals surface area contributed by atoms with E-state index in [-0.39, 0.29) is 0 Å². The molecule has 0 aliphatic heterocycles. The first-order chi connectivity index (χ1) is 7.50. The van der Waals surface area contributed by atoms with Gasteiger partial charge in [-0.25, -0.2) is 4.79 Å². The number of nitrogens with one attached hydrogen (secondary N) is 2. The Morgan fingerprint density at radius 3 is 2.62 bits per heavy atom. The molecule has 1 fully saturated rings. The van der Waals surface area contributed by atoms with Gasteiger partial charge in [0.2, 0.25) is 5.91 Å². The van der Waals surface area contributed by atoms with Gasteiger partial charge in [0.1, 0.15) is 5.38 Å². The third-order valence-corrected chi connectivity index (χ3v) is 3.36. The van der Waals surface area contributed by atoms with Gasteiger partial charge in [0, 0.05) is 6.54 Å². The average Bonchev–Trinajstić information content (AvgIpc) is 2.61. The summed E-state index contributed by atoms with van der Waals surface area (Å²) in [4.78, 5) is 22.4. The van der Waals surface area contributed by atoms with E-state index in [1.165, 1.54) is 19.8 Å². The summed E-state index contributed by atoms with van der Waals surface area (Å²) in [6.45, 7) is 4.36. The van der Waals surface area contributed by atoms with E-state index in [1.807, 2.05) is 0 Å². The fourth-order valence-corrected chi connectivity index (χ4v) is 2.06. The van der Waals surface area contributed by atoms with Crippen LogP contribution in [0.2, 0.25) is 0 Å². The predicted molar refractivity (Wildman–Crippen MR) is 63.4 cm³/mol. The van der Waals surface area contributed by atoms with Crippen molar-refractivity contribution >= 4 is 23.5 Å². The van der Waals surface area contributed by atoms with Gasteiger partial charge >= 0.3 is 6.03 Å². The topological polar surface area (TPSA) is 58.2 Å². The zero-order valence-corrected chi connectivity index (χ0v) is 10.5. The zero-order chi connectivity index (χ0) is 12.1. The summed E-state index contributed by atoms with van der Waals surface area (Å²) in [7, 11) is 0. The number of carbonyl (C=O) groups is 2. The molecule has 16 heavy (non-hydrogen) atoms. The summed E-state index contributed by atoms with van der Waals surface area (Å²) >= 11 is 5.53. The lowest BCUT2D eigenvalue weighted by atomic mass is 9.98. The van der Waals surface area contributed by atoms with E-state index in [9.17, 15) is 9.59 Å². The van der Waals surface area contributed by atoms with Crippen molar-refractivity contribution in [1.82, 2.24) is 10.6 Å². The third kappa shape index (κ3) is 4.00. The highest BCUT2D eigenvalue weighted by molar-refractivity contribution is 6.31. The molecule has 0 spiro atoms. The van der Waals surface area contributed by atoms with Crippen molar-refractivity contribution in [3.63, 3.8) is 0 Å². The minimum absolute atomic E-state index is 0.448. The van der Waals surface area contributed by atoms with Crippen molar-refractivity contribution in [1.29, 1.82) is 0 Å². The number of carbonyl (C=O) groups excluding carboxylic acids is 2. The molecular weight excluding hydrogens is 228 g/mol. The van der Waals surface area contributed by atoms with Crippen LogP contribution in [0.25, 0.3) is 0 Å². The maximum Gasteiger partial charge on any atom is 0.321 e. The molecule has 0 aromatic heterocycles. The van der Waals surface area contributed by atoms with E-state index in [0.717, 1.165) is 6.42 Å². The van der Waals surface area contributed by atoms with E-state index in [2.05, 4.69) is 17.6 Å². The van der Waals surface area contributed by atoms with E-state index in [1.54, 1.807) is 0 Å². The van der Waals surface area contributed by atoms with Gasteiger partial charge in [0.25, 0.3) is 0 Å². The van der Waals surface area contributed by atoms with Crippen LogP contribution in [-0.4, -0.2) is 23.9 Å². The number of alkyl halides is 1. The Bertz CT molecular complexity index is 269.